The molecule has 0 aliphatic carbocycles. The van der Waals surface area contributed by atoms with Crippen LogP contribution in [0.5, 0.6) is 0 Å². The highest BCUT2D eigenvalue weighted by Crippen LogP contribution is 2.36. The van der Waals surface area contributed by atoms with E-state index in [2.05, 4.69) is 0 Å². The predicted octanol–water partition coefficient (Wildman–Crippen LogP) is 0.776. The van der Waals surface area contributed by atoms with Gasteiger partial charge in [-0.15, -0.1) is 0 Å². The van der Waals surface area contributed by atoms with Crippen LogP contribution in [-0.4, -0.2) is 49.9 Å². The molecule has 2 rings (SSSR count). The summed E-state index contributed by atoms with van der Waals surface area (Å²) < 4.78 is 26.1. The molecule has 1 aromatic carbocycles. The molecule has 110 valence electrons. The molecule has 1 aliphatic rings. The molecule has 1 heterocycles. The highest BCUT2D eigenvalue weighted by Gasteiger charge is 2.57. The summed E-state index contributed by atoms with van der Waals surface area (Å²) in [6.07, 6.45) is 0. The van der Waals surface area contributed by atoms with E-state index >= 15 is 0 Å². The molecule has 1 saturated heterocycles. The zero-order valence-corrected chi connectivity index (χ0v) is 12.7. The van der Waals surface area contributed by atoms with Crippen molar-refractivity contribution in [2.75, 3.05) is 14.2 Å². The highest BCUT2D eigenvalue weighted by molar-refractivity contribution is 7.89. The van der Waals surface area contributed by atoms with Gasteiger partial charge in [0, 0.05) is 13.1 Å². The van der Waals surface area contributed by atoms with Crippen LogP contribution in [0, 0.1) is 6.92 Å². The third-order valence-electron chi connectivity index (χ3n) is 3.48. The van der Waals surface area contributed by atoms with Crippen molar-refractivity contribution in [2.45, 2.75) is 30.8 Å². The Morgan fingerprint density at radius 1 is 1.30 bits per heavy atom. The maximum atomic E-state index is 12.5. The monoisotopic (exact) mass is 298 g/mol. The van der Waals surface area contributed by atoms with Crippen molar-refractivity contribution in [3.63, 3.8) is 0 Å². The first kappa shape index (κ1) is 15.0. The van der Waals surface area contributed by atoms with Crippen molar-refractivity contribution in [2.24, 2.45) is 0 Å². The van der Waals surface area contributed by atoms with Gasteiger partial charge in [0.25, 0.3) is 5.91 Å². The van der Waals surface area contributed by atoms with Gasteiger partial charge in [0.2, 0.25) is 10.0 Å². The van der Waals surface area contributed by atoms with Crippen molar-refractivity contribution >= 4 is 15.9 Å². The second-order valence-corrected chi connectivity index (χ2v) is 6.69. The number of carbonyl (C=O) groups is 1. The van der Waals surface area contributed by atoms with Gasteiger partial charge in [-0.3, -0.25) is 9.63 Å². The molecule has 0 spiro atoms. The summed E-state index contributed by atoms with van der Waals surface area (Å²) in [5.41, 5.74) is 0.981. The fourth-order valence-corrected chi connectivity index (χ4v) is 3.90. The van der Waals surface area contributed by atoms with E-state index in [1.807, 2.05) is 6.92 Å². The van der Waals surface area contributed by atoms with Crippen molar-refractivity contribution in [3.8, 4) is 0 Å². The van der Waals surface area contributed by atoms with E-state index in [1.165, 1.54) is 18.5 Å². The number of amides is 1. The van der Waals surface area contributed by atoms with E-state index in [4.69, 9.17) is 4.84 Å². The Labute approximate surface area is 118 Å². The van der Waals surface area contributed by atoms with Crippen LogP contribution in [0.25, 0.3) is 0 Å². The maximum Gasteiger partial charge on any atom is 0.265 e. The Balaban J connectivity index is 2.24. The van der Waals surface area contributed by atoms with Gasteiger partial charge in [0.15, 0.2) is 0 Å². The quantitative estimate of drug-likeness (QED) is 0.608. The number of aryl methyl sites for hydroxylation is 1. The lowest BCUT2D eigenvalue weighted by molar-refractivity contribution is -0.168. The summed E-state index contributed by atoms with van der Waals surface area (Å²) in [6.45, 7) is 3.59. The first-order valence-electron chi connectivity index (χ1n) is 6.22. The number of nitrogens with zero attached hydrogens (tertiary/aromatic N) is 2. The van der Waals surface area contributed by atoms with E-state index in [-0.39, 0.29) is 16.8 Å². The van der Waals surface area contributed by atoms with Crippen molar-refractivity contribution in [1.29, 1.82) is 0 Å². The van der Waals surface area contributed by atoms with Gasteiger partial charge in [-0.1, -0.05) is 17.7 Å². The zero-order valence-electron chi connectivity index (χ0n) is 11.9. The molecule has 7 heteroatoms. The Hall–Kier alpha value is -1.44. The Morgan fingerprint density at radius 3 is 2.35 bits per heavy atom. The van der Waals surface area contributed by atoms with Gasteiger partial charge in [-0.25, -0.2) is 13.5 Å². The number of hydrogen-bond donors (Lipinski definition) is 0. The number of benzene rings is 1. The molecule has 0 saturated carbocycles. The van der Waals surface area contributed by atoms with E-state index in [9.17, 15) is 13.2 Å². The second-order valence-electron chi connectivity index (χ2n) is 4.85. The molecule has 20 heavy (non-hydrogen) atoms. The molecule has 1 aliphatic heterocycles. The maximum absolute atomic E-state index is 12.5. The molecular formula is C13H18N2O4S. The molecule has 0 bridgehead atoms. The fraction of sp³-hybridized carbons (Fsp3) is 0.462. The van der Waals surface area contributed by atoms with E-state index < -0.39 is 16.1 Å². The molecule has 0 N–H and O–H groups in total. The summed E-state index contributed by atoms with van der Waals surface area (Å²) >= 11 is 0. The summed E-state index contributed by atoms with van der Waals surface area (Å²) in [7, 11) is -0.810. The molecule has 6 nitrogen and oxygen atoms in total. The smallest absolute Gasteiger partial charge is 0.265 e. The van der Waals surface area contributed by atoms with Crippen LogP contribution in [0.4, 0.5) is 0 Å². The Morgan fingerprint density at radius 2 is 1.85 bits per heavy atom. The van der Waals surface area contributed by atoms with Crippen LogP contribution in [-0.2, 0) is 19.7 Å². The van der Waals surface area contributed by atoms with Crippen molar-refractivity contribution in [3.05, 3.63) is 29.8 Å². The SMILES string of the molecule is CON(C)C(=O)[C@@H]1[C@H](C)N1S(=O)(=O)c1ccc(C)cc1. The van der Waals surface area contributed by atoms with Crippen LogP contribution in [0.3, 0.4) is 0 Å². The molecule has 3 atom stereocenters. The van der Waals surface area contributed by atoms with E-state index in [0.29, 0.717) is 0 Å². The number of hydroxylamine groups is 2. The lowest BCUT2D eigenvalue weighted by Gasteiger charge is -2.13. The van der Waals surface area contributed by atoms with Crippen LogP contribution < -0.4 is 0 Å². The number of carbonyl (C=O) groups excluding carboxylic acids is 1. The molecule has 0 aromatic heterocycles. The predicted molar refractivity (Wildman–Crippen MR) is 73.2 cm³/mol. The highest BCUT2D eigenvalue weighted by atomic mass is 32.2. The minimum absolute atomic E-state index is 0.199. The van der Waals surface area contributed by atoms with Gasteiger partial charge in [0.1, 0.15) is 6.04 Å². The summed E-state index contributed by atoms with van der Waals surface area (Å²) in [4.78, 5) is 17.0. The topological polar surface area (TPSA) is 66.7 Å². The van der Waals surface area contributed by atoms with Gasteiger partial charge in [-0.2, -0.15) is 4.31 Å². The number of rotatable bonds is 4. The van der Waals surface area contributed by atoms with Crippen LogP contribution >= 0.6 is 0 Å². The zero-order chi connectivity index (χ0) is 15.1. The van der Waals surface area contributed by atoms with Crippen LogP contribution in [0.15, 0.2) is 29.2 Å². The first-order chi connectivity index (χ1) is 9.30. The Bertz CT molecular complexity index is 612. The van der Waals surface area contributed by atoms with Crippen LogP contribution in [0.2, 0.25) is 0 Å². The molecule has 1 unspecified atom stereocenters. The first-order valence-corrected chi connectivity index (χ1v) is 7.66. The lowest BCUT2D eigenvalue weighted by Crippen LogP contribution is -2.32. The molecule has 1 fully saturated rings. The molecule has 1 aromatic rings. The minimum Gasteiger partial charge on any atom is -0.275 e. The average molecular weight is 298 g/mol. The van der Waals surface area contributed by atoms with Crippen molar-refractivity contribution < 1.29 is 18.0 Å². The van der Waals surface area contributed by atoms with Gasteiger partial charge < -0.3 is 0 Å². The average Bonchev–Trinajstić information content (AvgIpc) is 3.10. The van der Waals surface area contributed by atoms with Crippen LogP contribution in [0.1, 0.15) is 12.5 Å². The van der Waals surface area contributed by atoms with Crippen molar-refractivity contribution in [1.82, 2.24) is 9.37 Å². The summed E-state index contributed by atoms with van der Waals surface area (Å²) in [5, 5.41) is 1.05. The fourth-order valence-electron chi connectivity index (χ4n) is 2.11. The second kappa shape index (κ2) is 5.16. The number of hydrogen-bond acceptors (Lipinski definition) is 4. The third kappa shape index (κ3) is 2.44. The van der Waals surface area contributed by atoms with Gasteiger partial charge in [0.05, 0.1) is 12.0 Å². The van der Waals surface area contributed by atoms with E-state index in [1.54, 1.807) is 31.2 Å². The largest absolute Gasteiger partial charge is 0.275 e. The molecular weight excluding hydrogens is 280 g/mol. The van der Waals surface area contributed by atoms with Gasteiger partial charge in [-0.05, 0) is 26.0 Å². The molecule has 1 amide bonds. The minimum atomic E-state index is -3.64. The summed E-state index contributed by atoms with van der Waals surface area (Å²) in [6, 6.07) is 5.53. The Kier molecular flexibility index (Phi) is 3.86. The lowest BCUT2D eigenvalue weighted by atomic mass is 10.2. The summed E-state index contributed by atoms with van der Waals surface area (Å²) in [5.74, 6) is -0.365. The third-order valence-corrected chi connectivity index (χ3v) is 5.46. The standard InChI is InChI=1S/C13H18N2O4S/c1-9-5-7-11(8-6-9)20(17,18)15-10(2)12(15)13(16)14(3)19-4/h5-8,10,12H,1-4H3/t10-,12-,15?/m0/s1. The van der Waals surface area contributed by atoms with E-state index in [0.717, 1.165) is 10.6 Å². The normalized spacial score (nSPS) is 25.3. The molecule has 0 radical (unpaired) electrons. The number of sulfonamides is 1. The number of likely N-dealkylation sites (N-methyl/N-ethyl adjacent to an activating group) is 1. The van der Waals surface area contributed by atoms with Gasteiger partial charge >= 0.3 is 0 Å².